The summed E-state index contributed by atoms with van der Waals surface area (Å²) in [5.74, 6) is -0.259. The van der Waals surface area contributed by atoms with Crippen LogP contribution in [-0.2, 0) is 29.9 Å². The number of hydrogen-bond donors (Lipinski definition) is 1. The number of esters is 1. The van der Waals surface area contributed by atoms with Gasteiger partial charge in [-0.25, -0.2) is 4.57 Å². The Labute approximate surface area is 243 Å². The maximum atomic E-state index is 12.5. The molecule has 1 aromatic carbocycles. The summed E-state index contributed by atoms with van der Waals surface area (Å²) >= 11 is 0. The molecule has 0 aliphatic carbocycles. The molecular weight excluding hydrogens is 529 g/mol. The molecule has 0 spiro atoms. The van der Waals surface area contributed by atoms with E-state index >= 15 is 0 Å². The summed E-state index contributed by atoms with van der Waals surface area (Å²) in [4.78, 5) is 21.7. The molecule has 232 valence electrons. The van der Waals surface area contributed by atoms with E-state index in [9.17, 15) is 14.3 Å². The maximum absolute atomic E-state index is 12.5. The van der Waals surface area contributed by atoms with Gasteiger partial charge < -0.3 is 18.5 Å². The first-order valence-electron chi connectivity index (χ1n) is 15.3. The lowest BCUT2D eigenvalue weighted by atomic mass is 10.0. The fraction of sp³-hybridized carbons (Fsp3) is 0.774. The van der Waals surface area contributed by atoms with Crippen molar-refractivity contribution in [3.63, 3.8) is 0 Å². The third-order valence-corrected chi connectivity index (χ3v) is 7.40. The average molecular weight is 587 g/mol. The summed E-state index contributed by atoms with van der Waals surface area (Å²) in [7, 11) is 1.77. The zero-order valence-electron chi connectivity index (χ0n) is 25.9. The molecule has 1 N–H and O–H groups in total. The van der Waals surface area contributed by atoms with E-state index in [0.29, 0.717) is 11.1 Å². The van der Waals surface area contributed by atoms with E-state index in [1.807, 2.05) is 6.07 Å². The number of carbonyl (C=O) groups is 1. The summed E-state index contributed by atoms with van der Waals surface area (Å²) in [5.41, 5.74) is 0.972. The van der Waals surface area contributed by atoms with E-state index < -0.39 is 19.9 Å². The highest BCUT2D eigenvalue weighted by Crippen LogP contribution is 2.44. The molecule has 0 radical (unpaired) electrons. The number of ether oxygens (including phenoxy) is 2. The highest BCUT2D eigenvalue weighted by atomic mass is 31.2. The Hall–Kier alpha value is -1.44. The number of benzene rings is 1. The Morgan fingerprint density at radius 2 is 1.43 bits per heavy atom. The molecule has 1 rings (SSSR count). The number of rotatable bonds is 25. The van der Waals surface area contributed by atoms with Crippen molar-refractivity contribution in [2.75, 3.05) is 41.0 Å². The van der Waals surface area contributed by atoms with E-state index in [-0.39, 0.29) is 19.0 Å². The van der Waals surface area contributed by atoms with Crippen molar-refractivity contribution < 1.29 is 37.3 Å². The van der Waals surface area contributed by atoms with E-state index in [2.05, 4.69) is 28.1 Å². The van der Waals surface area contributed by atoms with Crippen molar-refractivity contribution in [3.8, 4) is 5.75 Å². The fourth-order valence-corrected chi connectivity index (χ4v) is 5.34. The lowest BCUT2D eigenvalue weighted by Crippen LogP contribution is -2.33. The first kappa shape index (κ1) is 36.6. The molecular formula is C31H57NO7P+. The number of hydrogen-bond acceptors (Lipinski definition) is 6. The zero-order valence-corrected chi connectivity index (χ0v) is 26.8. The molecule has 0 aliphatic heterocycles. The molecule has 8 nitrogen and oxygen atoms in total. The van der Waals surface area contributed by atoms with Gasteiger partial charge in [-0.05, 0) is 18.6 Å². The SMILES string of the molecule is CCCCCCCCCCCCCCCCOCC(COP(=O)(O)Oc1cccc(C[N+](C)(C)C)c1)OC(C)=O. The molecule has 0 aliphatic rings. The van der Waals surface area contributed by atoms with Crippen LogP contribution in [0.3, 0.4) is 0 Å². The lowest BCUT2D eigenvalue weighted by molar-refractivity contribution is -0.884. The third kappa shape index (κ3) is 21.3. The van der Waals surface area contributed by atoms with Gasteiger partial charge in [0.05, 0.1) is 34.4 Å². The van der Waals surface area contributed by atoms with Crippen LogP contribution in [0.4, 0.5) is 0 Å². The van der Waals surface area contributed by atoms with Gasteiger partial charge in [-0.1, -0.05) is 103 Å². The van der Waals surface area contributed by atoms with Crippen LogP contribution in [0.15, 0.2) is 24.3 Å². The number of phosphoric ester groups is 1. The largest absolute Gasteiger partial charge is 0.527 e. The summed E-state index contributed by atoms with van der Waals surface area (Å²) in [5, 5.41) is 0. The summed E-state index contributed by atoms with van der Waals surface area (Å²) in [6.45, 7) is 4.62. The van der Waals surface area contributed by atoms with Gasteiger partial charge in [-0.2, -0.15) is 0 Å². The monoisotopic (exact) mass is 586 g/mol. The van der Waals surface area contributed by atoms with Crippen LogP contribution in [0.1, 0.15) is 109 Å². The Bertz CT molecular complexity index is 843. The summed E-state index contributed by atoms with van der Waals surface area (Å²) < 4.78 is 34.5. The fourth-order valence-electron chi connectivity index (χ4n) is 4.55. The standard InChI is InChI=1S/C31H56NO7P/c1-6-7-8-9-10-11-12-13-14-15-16-17-18-19-23-36-26-31(38-28(2)33)27-37-40(34,35)39-30-22-20-21-29(24-30)25-32(3,4)5/h20-22,24,31H,6-19,23,25-27H2,1-5H3/p+1. The molecule has 0 amide bonds. The van der Waals surface area contributed by atoms with Crippen molar-refractivity contribution in [2.45, 2.75) is 116 Å². The predicted octanol–water partition coefficient (Wildman–Crippen LogP) is 7.82. The van der Waals surface area contributed by atoms with Crippen molar-refractivity contribution in [1.82, 2.24) is 0 Å². The minimum absolute atomic E-state index is 0.0943. The van der Waals surface area contributed by atoms with Gasteiger partial charge in [-0.3, -0.25) is 14.2 Å². The Morgan fingerprint density at radius 3 is 1.95 bits per heavy atom. The smallest absolute Gasteiger partial charge is 0.458 e. The minimum atomic E-state index is -4.41. The Morgan fingerprint density at radius 1 is 0.875 bits per heavy atom. The molecule has 2 unspecified atom stereocenters. The second-order valence-electron chi connectivity index (χ2n) is 11.9. The number of carbonyl (C=O) groups excluding carboxylic acids is 1. The van der Waals surface area contributed by atoms with Crippen molar-refractivity contribution in [1.29, 1.82) is 0 Å². The molecule has 2 atom stereocenters. The molecule has 0 saturated heterocycles. The van der Waals surface area contributed by atoms with Crippen LogP contribution < -0.4 is 4.52 Å². The Balaban J connectivity index is 2.21. The third-order valence-electron chi connectivity index (χ3n) is 6.48. The van der Waals surface area contributed by atoms with Crippen LogP contribution in [-0.4, -0.2) is 62.4 Å². The van der Waals surface area contributed by atoms with Gasteiger partial charge in [0.1, 0.15) is 18.4 Å². The van der Waals surface area contributed by atoms with Crippen LogP contribution in [0.25, 0.3) is 0 Å². The first-order chi connectivity index (χ1) is 19.0. The summed E-state index contributed by atoms with van der Waals surface area (Å²) in [6, 6.07) is 7.03. The van der Waals surface area contributed by atoms with E-state index in [1.165, 1.54) is 84.0 Å². The van der Waals surface area contributed by atoms with E-state index in [1.54, 1.807) is 18.2 Å². The topological polar surface area (TPSA) is 91.3 Å². The zero-order chi connectivity index (χ0) is 29.7. The van der Waals surface area contributed by atoms with E-state index in [4.69, 9.17) is 18.5 Å². The minimum Gasteiger partial charge on any atom is -0.458 e. The number of nitrogens with zero attached hydrogens (tertiary/aromatic N) is 1. The van der Waals surface area contributed by atoms with Crippen molar-refractivity contribution >= 4 is 13.8 Å². The van der Waals surface area contributed by atoms with Gasteiger partial charge >= 0.3 is 13.8 Å². The van der Waals surface area contributed by atoms with Crippen molar-refractivity contribution in [3.05, 3.63) is 29.8 Å². The molecule has 0 aromatic heterocycles. The number of quaternary nitrogens is 1. The average Bonchev–Trinajstić information content (AvgIpc) is 2.85. The maximum Gasteiger partial charge on any atom is 0.527 e. The molecule has 9 heteroatoms. The van der Waals surface area contributed by atoms with Crippen LogP contribution in [0.2, 0.25) is 0 Å². The normalized spacial score (nSPS) is 14.1. The highest BCUT2D eigenvalue weighted by Gasteiger charge is 2.26. The molecule has 0 saturated carbocycles. The highest BCUT2D eigenvalue weighted by molar-refractivity contribution is 7.47. The predicted molar refractivity (Wildman–Crippen MR) is 161 cm³/mol. The molecule has 40 heavy (non-hydrogen) atoms. The second kappa shape index (κ2) is 21.3. The lowest BCUT2D eigenvalue weighted by Gasteiger charge is -2.24. The first-order valence-corrected chi connectivity index (χ1v) is 16.8. The molecule has 0 fully saturated rings. The number of phosphoric acid groups is 1. The van der Waals surface area contributed by atoms with Gasteiger partial charge in [0.25, 0.3) is 0 Å². The van der Waals surface area contributed by atoms with E-state index in [0.717, 1.165) is 24.9 Å². The summed E-state index contributed by atoms with van der Waals surface area (Å²) in [6.07, 6.45) is 17.3. The van der Waals surface area contributed by atoms with Crippen LogP contribution in [0, 0.1) is 0 Å². The molecule has 1 aromatic rings. The van der Waals surface area contributed by atoms with Gasteiger partial charge in [0.2, 0.25) is 0 Å². The van der Waals surface area contributed by atoms with Gasteiger partial charge in [-0.15, -0.1) is 0 Å². The van der Waals surface area contributed by atoms with Gasteiger partial charge in [0, 0.05) is 19.1 Å². The van der Waals surface area contributed by atoms with Crippen molar-refractivity contribution in [2.24, 2.45) is 0 Å². The Kier molecular flexibility index (Phi) is 19.5. The second-order valence-corrected chi connectivity index (χ2v) is 13.2. The van der Waals surface area contributed by atoms with Gasteiger partial charge in [0.15, 0.2) is 0 Å². The van der Waals surface area contributed by atoms with Crippen LogP contribution in [0.5, 0.6) is 5.75 Å². The molecule has 0 heterocycles. The number of unbranched alkanes of at least 4 members (excludes halogenated alkanes) is 13. The quantitative estimate of drug-likeness (QED) is 0.0540. The van der Waals surface area contributed by atoms with Crippen LogP contribution >= 0.6 is 7.82 Å². The molecule has 0 bridgehead atoms.